The van der Waals surface area contributed by atoms with Crippen LogP contribution in [0.2, 0.25) is 0 Å². The second kappa shape index (κ2) is 6.94. The highest BCUT2D eigenvalue weighted by molar-refractivity contribution is 5.80. The number of hydrogen-bond donors (Lipinski definition) is 2. The van der Waals surface area contributed by atoms with Crippen LogP contribution in [0.4, 0.5) is 4.39 Å². The van der Waals surface area contributed by atoms with Crippen LogP contribution in [0, 0.1) is 5.82 Å². The lowest BCUT2D eigenvalue weighted by Crippen LogP contribution is -2.36. The van der Waals surface area contributed by atoms with Crippen molar-refractivity contribution in [3.05, 3.63) is 65.7 Å². The molecule has 3 aromatic rings. The Balaban J connectivity index is 1.38. The fourth-order valence-electron chi connectivity index (χ4n) is 3.81. The van der Waals surface area contributed by atoms with Gasteiger partial charge in [0.25, 0.3) is 0 Å². The van der Waals surface area contributed by atoms with Crippen LogP contribution in [-0.2, 0) is 0 Å². The Hall–Kier alpha value is -2.24. The smallest absolute Gasteiger partial charge is 0.137 e. The molecule has 0 bridgehead atoms. The summed E-state index contributed by atoms with van der Waals surface area (Å²) in [6.45, 7) is 2.42. The Morgan fingerprint density at radius 3 is 2.88 bits per heavy atom. The molecule has 2 aromatic heterocycles. The Kier molecular flexibility index (Phi) is 4.51. The van der Waals surface area contributed by atoms with Crippen LogP contribution in [-0.4, -0.2) is 39.6 Å². The molecule has 0 aliphatic carbocycles. The van der Waals surface area contributed by atoms with Crippen molar-refractivity contribution in [3.63, 3.8) is 0 Å². The standard InChI is InChI=1S/C20H22FN3O/c21-16-4-1-3-15(11-16)19(25)13-24-9-6-14(7-10-24)18-12-23-20-17(18)5-2-8-22-20/h1-5,8,11-12,14,19,25H,6-7,9-10,13H2,(H,22,23)/t19-/m1/s1. The fraction of sp³-hybridized carbons (Fsp3) is 0.350. The number of aliphatic hydroxyl groups excluding tert-OH is 1. The van der Waals surface area contributed by atoms with Crippen LogP contribution in [0.5, 0.6) is 0 Å². The van der Waals surface area contributed by atoms with Gasteiger partial charge in [-0.3, -0.25) is 0 Å². The van der Waals surface area contributed by atoms with Gasteiger partial charge < -0.3 is 15.0 Å². The Bertz CT molecular complexity index is 855. The lowest BCUT2D eigenvalue weighted by atomic mass is 9.89. The summed E-state index contributed by atoms with van der Waals surface area (Å²) in [5, 5.41) is 11.6. The summed E-state index contributed by atoms with van der Waals surface area (Å²) in [5.74, 6) is 0.212. The third-order valence-corrected chi connectivity index (χ3v) is 5.18. The molecule has 1 fully saturated rings. The molecule has 1 aromatic carbocycles. The zero-order valence-electron chi connectivity index (χ0n) is 14.0. The predicted molar refractivity (Wildman–Crippen MR) is 95.9 cm³/mol. The van der Waals surface area contributed by atoms with E-state index in [1.54, 1.807) is 18.3 Å². The quantitative estimate of drug-likeness (QED) is 0.763. The number of H-pyrrole nitrogens is 1. The van der Waals surface area contributed by atoms with Gasteiger partial charge in [-0.25, -0.2) is 9.37 Å². The molecule has 1 aliphatic heterocycles. The molecular weight excluding hydrogens is 317 g/mol. The first-order chi connectivity index (χ1) is 12.2. The Labute approximate surface area is 146 Å². The number of piperidine rings is 1. The van der Waals surface area contributed by atoms with E-state index >= 15 is 0 Å². The van der Waals surface area contributed by atoms with Gasteiger partial charge in [0, 0.05) is 24.3 Å². The van der Waals surface area contributed by atoms with E-state index < -0.39 is 6.10 Å². The number of fused-ring (bicyclic) bond motifs is 1. The van der Waals surface area contributed by atoms with E-state index in [1.165, 1.54) is 23.1 Å². The van der Waals surface area contributed by atoms with Crippen LogP contribution >= 0.6 is 0 Å². The van der Waals surface area contributed by atoms with Crippen molar-refractivity contribution in [2.45, 2.75) is 24.9 Å². The number of aromatic amines is 1. The number of benzene rings is 1. The summed E-state index contributed by atoms with van der Waals surface area (Å²) >= 11 is 0. The maximum atomic E-state index is 13.3. The van der Waals surface area contributed by atoms with Crippen molar-refractivity contribution in [3.8, 4) is 0 Å². The number of aliphatic hydroxyl groups is 1. The third kappa shape index (κ3) is 3.43. The molecule has 1 atom stereocenters. The van der Waals surface area contributed by atoms with Crippen LogP contribution in [0.25, 0.3) is 11.0 Å². The van der Waals surface area contributed by atoms with Crippen molar-refractivity contribution >= 4 is 11.0 Å². The molecule has 1 aliphatic rings. The van der Waals surface area contributed by atoms with Gasteiger partial charge in [0.05, 0.1) is 6.10 Å². The Morgan fingerprint density at radius 2 is 2.08 bits per heavy atom. The monoisotopic (exact) mass is 339 g/mol. The van der Waals surface area contributed by atoms with Gasteiger partial charge in [-0.2, -0.15) is 0 Å². The first-order valence-corrected chi connectivity index (χ1v) is 8.78. The van der Waals surface area contributed by atoms with E-state index in [-0.39, 0.29) is 5.82 Å². The molecule has 0 radical (unpaired) electrons. The molecule has 4 rings (SSSR count). The number of rotatable bonds is 4. The molecule has 2 N–H and O–H groups in total. The minimum Gasteiger partial charge on any atom is -0.387 e. The van der Waals surface area contributed by atoms with Crippen LogP contribution in [0.3, 0.4) is 0 Å². The van der Waals surface area contributed by atoms with Gasteiger partial charge in [0.1, 0.15) is 11.5 Å². The molecule has 3 heterocycles. The molecular formula is C20H22FN3O. The van der Waals surface area contributed by atoms with Crippen molar-refractivity contribution < 1.29 is 9.50 Å². The van der Waals surface area contributed by atoms with E-state index in [0.29, 0.717) is 18.0 Å². The van der Waals surface area contributed by atoms with E-state index in [0.717, 1.165) is 31.6 Å². The Morgan fingerprint density at radius 1 is 1.24 bits per heavy atom. The number of nitrogens with one attached hydrogen (secondary N) is 1. The van der Waals surface area contributed by atoms with Crippen LogP contribution in [0.1, 0.15) is 36.0 Å². The molecule has 1 saturated heterocycles. The van der Waals surface area contributed by atoms with Crippen molar-refractivity contribution in [1.29, 1.82) is 0 Å². The topological polar surface area (TPSA) is 52.1 Å². The predicted octanol–water partition coefficient (Wildman–Crippen LogP) is 3.62. The van der Waals surface area contributed by atoms with E-state index in [2.05, 4.69) is 27.1 Å². The number of likely N-dealkylation sites (tertiary alicyclic amines) is 1. The molecule has 0 amide bonds. The zero-order valence-corrected chi connectivity index (χ0v) is 14.0. The number of β-amino-alcohol motifs (C(OH)–C–C–N with tert-alkyl or cyclic N) is 1. The van der Waals surface area contributed by atoms with E-state index in [4.69, 9.17) is 0 Å². The average Bonchev–Trinajstić information content (AvgIpc) is 3.06. The highest BCUT2D eigenvalue weighted by Gasteiger charge is 2.24. The maximum Gasteiger partial charge on any atom is 0.137 e. The normalized spacial score (nSPS) is 17.8. The molecule has 4 nitrogen and oxygen atoms in total. The van der Waals surface area contributed by atoms with Crippen molar-refractivity contribution in [2.24, 2.45) is 0 Å². The molecule has 5 heteroatoms. The van der Waals surface area contributed by atoms with E-state index in [1.807, 2.05) is 6.07 Å². The highest BCUT2D eigenvalue weighted by atomic mass is 19.1. The number of aromatic nitrogens is 2. The van der Waals surface area contributed by atoms with Crippen LogP contribution < -0.4 is 0 Å². The second-order valence-electron chi connectivity index (χ2n) is 6.79. The van der Waals surface area contributed by atoms with Crippen LogP contribution in [0.15, 0.2) is 48.8 Å². The summed E-state index contributed by atoms with van der Waals surface area (Å²) in [4.78, 5) is 9.88. The summed E-state index contributed by atoms with van der Waals surface area (Å²) in [5.41, 5.74) is 2.93. The summed E-state index contributed by atoms with van der Waals surface area (Å²) in [6, 6.07) is 10.3. The minimum absolute atomic E-state index is 0.303. The first-order valence-electron chi connectivity index (χ1n) is 8.78. The number of halogens is 1. The largest absolute Gasteiger partial charge is 0.387 e. The average molecular weight is 339 g/mol. The number of pyridine rings is 1. The lowest BCUT2D eigenvalue weighted by Gasteiger charge is -2.33. The zero-order chi connectivity index (χ0) is 17.2. The van der Waals surface area contributed by atoms with Crippen molar-refractivity contribution in [2.75, 3.05) is 19.6 Å². The fourth-order valence-corrected chi connectivity index (χ4v) is 3.81. The molecule has 130 valence electrons. The minimum atomic E-state index is -0.649. The lowest BCUT2D eigenvalue weighted by molar-refractivity contribution is 0.0971. The summed E-state index contributed by atoms with van der Waals surface area (Å²) in [7, 11) is 0. The van der Waals surface area contributed by atoms with Gasteiger partial charge in [0.2, 0.25) is 0 Å². The van der Waals surface area contributed by atoms with Gasteiger partial charge in [-0.05, 0) is 67.2 Å². The first kappa shape index (κ1) is 16.2. The highest BCUT2D eigenvalue weighted by Crippen LogP contribution is 2.33. The third-order valence-electron chi connectivity index (χ3n) is 5.18. The van der Waals surface area contributed by atoms with Gasteiger partial charge >= 0.3 is 0 Å². The summed E-state index contributed by atoms with van der Waals surface area (Å²) in [6.07, 6.45) is 5.35. The van der Waals surface area contributed by atoms with Gasteiger partial charge in [0.15, 0.2) is 0 Å². The maximum absolute atomic E-state index is 13.3. The van der Waals surface area contributed by atoms with Crippen molar-refractivity contribution in [1.82, 2.24) is 14.9 Å². The number of hydrogen-bond acceptors (Lipinski definition) is 3. The molecule has 0 unspecified atom stereocenters. The molecule has 0 saturated carbocycles. The van der Waals surface area contributed by atoms with Gasteiger partial charge in [-0.1, -0.05) is 12.1 Å². The SMILES string of the molecule is O[C@H](CN1CCC(c2c[nH]c3ncccc23)CC1)c1cccc(F)c1. The van der Waals surface area contributed by atoms with E-state index in [9.17, 15) is 9.50 Å². The second-order valence-corrected chi connectivity index (χ2v) is 6.79. The molecule has 0 spiro atoms. The van der Waals surface area contributed by atoms with Gasteiger partial charge in [-0.15, -0.1) is 0 Å². The summed E-state index contributed by atoms with van der Waals surface area (Å²) < 4.78 is 13.3. The number of nitrogens with zero attached hydrogens (tertiary/aromatic N) is 2. The molecule has 25 heavy (non-hydrogen) atoms.